The molecule has 1 N–H and O–H groups in total. The molecule has 1 aliphatic heterocycles. The first-order valence-electron chi connectivity index (χ1n) is 5.11. The van der Waals surface area contributed by atoms with Gasteiger partial charge < -0.3 is 0 Å². The number of carbonyl (C=O) groups excluding carboxylic acids is 3. The van der Waals surface area contributed by atoms with Gasteiger partial charge in [0.05, 0.1) is 6.54 Å². The summed E-state index contributed by atoms with van der Waals surface area (Å²) in [4.78, 5) is 39.0. The van der Waals surface area contributed by atoms with Gasteiger partial charge in [0.25, 0.3) is 0 Å². The van der Waals surface area contributed by atoms with Crippen molar-refractivity contribution in [2.45, 2.75) is 19.9 Å². The first-order chi connectivity index (χ1) is 8.08. The summed E-state index contributed by atoms with van der Waals surface area (Å²) < 4.78 is 0. The van der Waals surface area contributed by atoms with Crippen LogP contribution < -0.4 is 5.32 Å². The molecule has 1 fully saturated rings. The monoisotopic (exact) mass is 233 g/mol. The number of hydrogen-bond acceptors (Lipinski definition) is 4. The van der Waals surface area contributed by atoms with E-state index >= 15 is 0 Å². The SMILES string of the molecule is Cc1ccncc1CN1C(=O)CC(=O)NC1=O. The van der Waals surface area contributed by atoms with Gasteiger partial charge in [-0.25, -0.2) is 4.79 Å². The summed E-state index contributed by atoms with van der Waals surface area (Å²) in [5, 5.41) is 2.11. The third-order valence-electron chi connectivity index (χ3n) is 2.58. The van der Waals surface area contributed by atoms with Crippen molar-refractivity contribution < 1.29 is 14.4 Å². The Morgan fingerprint density at radius 3 is 2.82 bits per heavy atom. The Kier molecular flexibility index (Phi) is 2.86. The predicted octanol–water partition coefficient (Wildman–Crippen LogP) is 0.359. The Hall–Kier alpha value is -2.24. The van der Waals surface area contributed by atoms with E-state index in [9.17, 15) is 14.4 Å². The molecular formula is C11H11N3O3. The van der Waals surface area contributed by atoms with Crippen molar-refractivity contribution in [3.63, 3.8) is 0 Å². The quantitative estimate of drug-likeness (QED) is 0.748. The lowest BCUT2D eigenvalue weighted by molar-refractivity contribution is -0.136. The van der Waals surface area contributed by atoms with E-state index in [4.69, 9.17) is 0 Å². The zero-order chi connectivity index (χ0) is 12.4. The number of hydrogen-bond donors (Lipinski definition) is 1. The van der Waals surface area contributed by atoms with Gasteiger partial charge in [-0.2, -0.15) is 0 Å². The molecule has 1 aromatic heterocycles. The van der Waals surface area contributed by atoms with Crippen LogP contribution in [0.5, 0.6) is 0 Å². The van der Waals surface area contributed by atoms with Crippen molar-refractivity contribution in [3.8, 4) is 0 Å². The van der Waals surface area contributed by atoms with Gasteiger partial charge >= 0.3 is 6.03 Å². The van der Waals surface area contributed by atoms with E-state index in [1.807, 2.05) is 6.92 Å². The molecule has 0 bridgehead atoms. The summed E-state index contributed by atoms with van der Waals surface area (Å²) in [5.41, 5.74) is 1.72. The van der Waals surface area contributed by atoms with Crippen LogP contribution in [-0.4, -0.2) is 27.7 Å². The minimum Gasteiger partial charge on any atom is -0.277 e. The number of nitrogens with zero attached hydrogens (tertiary/aromatic N) is 2. The average Bonchev–Trinajstić information content (AvgIpc) is 2.25. The molecule has 6 nitrogen and oxygen atoms in total. The molecule has 2 rings (SSSR count). The molecule has 2 heterocycles. The highest BCUT2D eigenvalue weighted by molar-refractivity contribution is 6.14. The molecule has 0 unspecified atom stereocenters. The fourth-order valence-corrected chi connectivity index (χ4v) is 1.57. The lowest BCUT2D eigenvalue weighted by atomic mass is 10.1. The van der Waals surface area contributed by atoms with Crippen molar-refractivity contribution in [1.29, 1.82) is 0 Å². The normalized spacial score (nSPS) is 16.1. The van der Waals surface area contributed by atoms with E-state index in [1.165, 1.54) is 0 Å². The number of aromatic nitrogens is 1. The highest BCUT2D eigenvalue weighted by Crippen LogP contribution is 2.12. The molecule has 1 aliphatic rings. The fraction of sp³-hybridized carbons (Fsp3) is 0.273. The second-order valence-electron chi connectivity index (χ2n) is 3.81. The molecule has 0 radical (unpaired) electrons. The maximum atomic E-state index is 11.6. The summed E-state index contributed by atoms with van der Waals surface area (Å²) in [7, 11) is 0. The van der Waals surface area contributed by atoms with Crippen LogP contribution >= 0.6 is 0 Å². The van der Waals surface area contributed by atoms with Crippen LogP contribution in [0.25, 0.3) is 0 Å². The summed E-state index contributed by atoms with van der Waals surface area (Å²) in [6.45, 7) is 2.01. The van der Waals surface area contributed by atoms with Crippen LogP contribution in [0.15, 0.2) is 18.5 Å². The van der Waals surface area contributed by atoms with E-state index in [2.05, 4.69) is 10.3 Å². The molecule has 1 aromatic rings. The Morgan fingerprint density at radius 1 is 1.41 bits per heavy atom. The molecule has 1 saturated heterocycles. The smallest absolute Gasteiger partial charge is 0.277 e. The summed E-state index contributed by atoms with van der Waals surface area (Å²) in [6.07, 6.45) is 2.96. The Morgan fingerprint density at radius 2 is 2.18 bits per heavy atom. The van der Waals surface area contributed by atoms with Crippen LogP contribution in [0.2, 0.25) is 0 Å². The second-order valence-corrected chi connectivity index (χ2v) is 3.81. The minimum absolute atomic E-state index is 0.137. The van der Waals surface area contributed by atoms with Crippen LogP contribution in [0.3, 0.4) is 0 Å². The molecule has 17 heavy (non-hydrogen) atoms. The largest absolute Gasteiger partial charge is 0.331 e. The predicted molar refractivity (Wildman–Crippen MR) is 57.7 cm³/mol. The molecular weight excluding hydrogens is 222 g/mol. The van der Waals surface area contributed by atoms with E-state index in [1.54, 1.807) is 18.5 Å². The highest BCUT2D eigenvalue weighted by Gasteiger charge is 2.30. The molecule has 0 atom stereocenters. The van der Waals surface area contributed by atoms with Gasteiger partial charge in [0.2, 0.25) is 11.8 Å². The first kappa shape index (κ1) is 11.3. The van der Waals surface area contributed by atoms with Gasteiger partial charge in [0.15, 0.2) is 0 Å². The number of barbiturate groups is 1. The van der Waals surface area contributed by atoms with E-state index in [0.717, 1.165) is 16.0 Å². The van der Waals surface area contributed by atoms with Crippen molar-refractivity contribution >= 4 is 17.8 Å². The fourth-order valence-electron chi connectivity index (χ4n) is 1.57. The lowest BCUT2D eigenvalue weighted by Gasteiger charge is -2.25. The number of urea groups is 1. The summed E-state index contributed by atoms with van der Waals surface area (Å²) in [6, 6.07) is 1.13. The average molecular weight is 233 g/mol. The number of rotatable bonds is 2. The Balaban J connectivity index is 2.19. The van der Waals surface area contributed by atoms with E-state index < -0.39 is 17.8 Å². The van der Waals surface area contributed by atoms with Gasteiger partial charge in [-0.3, -0.25) is 24.8 Å². The first-order valence-corrected chi connectivity index (χ1v) is 5.11. The molecule has 6 heteroatoms. The maximum Gasteiger partial charge on any atom is 0.331 e. The van der Waals surface area contributed by atoms with Crippen LogP contribution in [0.1, 0.15) is 17.5 Å². The van der Waals surface area contributed by atoms with Crippen molar-refractivity contribution in [3.05, 3.63) is 29.6 Å². The topological polar surface area (TPSA) is 79.4 Å². The Bertz CT molecular complexity index is 478. The molecule has 0 spiro atoms. The number of amides is 4. The molecule has 0 aliphatic carbocycles. The van der Waals surface area contributed by atoms with Gasteiger partial charge in [-0.1, -0.05) is 0 Å². The number of carbonyl (C=O) groups is 3. The third-order valence-corrected chi connectivity index (χ3v) is 2.58. The third kappa shape index (κ3) is 2.30. The van der Waals surface area contributed by atoms with Gasteiger partial charge in [0, 0.05) is 12.4 Å². The molecule has 0 aromatic carbocycles. The number of imide groups is 2. The van der Waals surface area contributed by atoms with Crippen LogP contribution in [0, 0.1) is 6.92 Å². The number of nitrogens with one attached hydrogen (secondary N) is 1. The van der Waals surface area contributed by atoms with Crippen molar-refractivity contribution in [2.24, 2.45) is 0 Å². The molecule has 0 saturated carbocycles. The second kappa shape index (κ2) is 4.32. The Labute approximate surface area is 97.6 Å². The standard InChI is InChI=1S/C11H11N3O3/c1-7-2-3-12-5-8(7)6-14-10(16)4-9(15)13-11(14)17/h2-3,5H,4,6H2,1H3,(H,13,15,17). The molecule has 88 valence electrons. The zero-order valence-corrected chi connectivity index (χ0v) is 9.27. The van der Waals surface area contributed by atoms with Crippen molar-refractivity contribution in [2.75, 3.05) is 0 Å². The van der Waals surface area contributed by atoms with Crippen molar-refractivity contribution in [1.82, 2.24) is 15.2 Å². The summed E-state index contributed by atoms with van der Waals surface area (Å²) in [5.74, 6) is -1.04. The van der Waals surface area contributed by atoms with E-state index in [-0.39, 0.29) is 13.0 Å². The lowest BCUT2D eigenvalue weighted by Crippen LogP contribution is -2.52. The van der Waals surface area contributed by atoms with Crippen LogP contribution in [0.4, 0.5) is 4.79 Å². The van der Waals surface area contributed by atoms with E-state index in [0.29, 0.717) is 0 Å². The van der Waals surface area contributed by atoms with Gasteiger partial charge in [0.1, 0.15) is 6.42 Å². The summed E-state index contributed by atoms with van der Waals surface area (Å²) >= 11 is 0. The highest BCUT2D eigenvalue weighted by atomic mass is 16.2. The number of aryl methyl sites for hydroxylation is 1. The number of pyridine rings is 1. The van der Waals surface area contributed by atoms with Crippen LogP contribution in [-0.2, 0) is 16.1 Å². The maximum absolute atomic E-state index is 11.6. The minimum atomic E-state index is -0.672. The van der Waals surface area contributed by atoms with Gasteiger partial charge in [-0.15, -0.1) is 0 Å². The van der Waals surface area contributed by atoms with Gasteiger partial charge in [-0.05, 0) is 24.1 Å². The zero-order valence-electron chi connectivity index (χ0n) is 9.27. The molecule has 4 amide bonds.